The van der Waals surface area contributed by atoms with Crippen molar-refractivity contribution in [3.8, 4) is 11.4 Å². The number of rotatable bonds is 2. The number of hydrogen-bond acceptors (Lipinski definition) is 1. The van der Waals surface area contributed by atoms with E-state index >= 15 is 0 Å². The summed E-state index contributed by atoms with van der Waals surface area (Å²) in [6, 6.07) is 17.1. The van der Waals surface area contributed by atoms with Crippen LogP contribution in [0.3, 0.4) is 0 Å². The largest absolute Gasteiger partial charge is 0.497 e. The molecule has 0 bridgehead atoms. The Labute approximate surface area is 125 Å². The smallest absolute Gasteiger partial charge is 0.119 e. The zero-order valence-corrected chi connectivity index (χ0v) is 12.3. The molecular formula is C19H19NO. The molecule has 2 nitrogen and oxygen atoms in total. The van der Waals surface area contributed by atoms with Crippen LogP contribution in [0.1, 0.15) is 24.1 Å². The summed E-state index contributed by atoms with van der Waals surface area (Å²) >= 11 is 0. The van der Waals surface area contributed by atoms with Gasteiger partial charge in [-0.15, -0.1) is 0 Å². The van der Waals surface area contributed by atoms with Crippen molar-refractivity contribution < 1.29 is 4.74 Å². The SMILES string of the molecule is COc1ccc2c(c1)c1c(n2-c2ccccc2)CCCC1. The highest BCUT2D eigenvalue weighted by atomic mass is 16.5. The van der Waals surface area contributed by atoms with Crippen molar-refractivity contribution >= 4 is 10.9 Å². The van der Waals surface area contributed by atoms with E-state index in [0.29, 0.717) is 0 Å². The first-order valence-corrected chi connectivity index (χ1v) is 7.64. The molecule has 2 heteroatoms. The molecule has 0 saturated heterocycles. The van der Waals surface area contributed by atoms with Crippen LogP contribution in [0.15, 0.2) is 48.5 Å². The fourth-order valence-corrected chi connectivity index (χ4v) is 3.52. The van der Waals surface area contributed by atoms with Crippen LogP contribution in [-0.4, -0.2) is 11.7 Å². The molecule has 2 aromatic carbocycles. The standard InChI is InChI=1S/C19H19NO/c1-21-15-11-12-19-17(13-15)16-9-5-6-10-18(16)20(19)14-7-3-2-4-8-14/h2-4,7-8,11-13H,5-6,9-10H2,1H3. The zero-order chi connectivity index (χ0) is 14.2. The minimum atomic E-state index is 0.945. The summed E-state index contributed by atoms with van der Waals surface area (Å²) in [6.45, 7) is 0. The van der Waals surface area contributed by atoms with Crippen LogP contribution in [0.5, 0.6) is 5.75 Å². The lowest BCUT2D eigenvalue weighted by Crippen LogP contribution is -2.06. The summed E-state index contributed by atoms with van der Waals surface area (Å²) in [5.41, 5.74) is 5.56. The molecule has 1 heterocycles. The predicted octanol–water partition coefficient (Wildman–Crippen LogP) is 4.52. The van der Waals surface area contributed by atoms with Crippen LogP contribution in [0, 0.1) is 0 Å². The van der Waals surface area contributed by atoms with Gasteiger partial charge in [-0.25, -0.2) is 0 Å². The molecule has 0 unspecified atom stereocenters. The molecule has 0 fully saturated rings. The van der Waals surface area contributed by atoms with Crippen molar-refractivity contribution in [2.75, 3.05) is 7.11 Å². The predicted molar refractivity (Wildman–Crippen MR) is 86.5 cm³/mol. The first kappa shape index (κ1) is 12.5. The maximum Gasteiger partial charge on any atom is 0.119 e. The molecule has 0 N–H and O–H groups in total. The third-order valence-corrected chi connectivity index (χ3v) is 4.49. The summed E-state index contributed by atoms with van der Waals surface area (Å²) in [7, 11) is 1.74. The minimum absolute atomic E-state index is 0.945. The average Bonchev–Trinajstić information content (AvgIpc) is 2.89. The molecule has 0 spiro atoms. The van der Waals surface area contributed by atoms with Gasteiger partial charge in [0.1, 0.15) is 5.75 Å². The van der Waals surface area contributed by atoms with Crippen LogP contribution in [-0.2, 0) is 12.8 Å². The molecule has 106 valence electrons. The number of methoxy groups -OCH3 is 1. The highest BCUT2D eigenvalue weighted by Crippen LogP contribution is 2.36. The second-order valence-electron chi connectivity index (χ2n) is 5.69. The summed E-state index contributed by atoms with van der Waals surface area (Å²) in [5.74, 6) is 0.945. The molecule has 1 aliphatic carbocycles. The van der Waals surface area contributed by atoms with Gasteiger partial charge >= 0.3 is 0 Å². The van der Waals surface area contributed by atoms with Gasteiger partial charge in [-0.3, -0.25) is 0 Å². The highest BCUT2D eigenvalue weighted by molar-refractivity contribution is 5.89. The van der Waals surface area contributed by atoms with E-state index in [9.17, 15) is 0 Å². The quantitative estimate of drug-likeness (QED) is 0.672. The molecule has 1 aliphatic rings. The van der Waals surface area contributed by atoms with Crippen LogP contribution in [0.4, 0.5) is 0 Å². The lowest BCUT2D eigenvalue weighted by molar-refractivity contribution is 0.415. The Bertz CT molecular complexity index is 786. The van der Waals surface area contributed by atoms with Crippen molar-refractivity contribution in [1.82, 2.24) is 4.57 Å². The third kappa shape index (κ3) is 1.94. The van der Waals surface area contributed by atoms with E-state index in [4.69, 9.17) is 4.74 Å². The van der Waals surface area contributed by atoms with E-state index in [2.05, 4.69) is 53.1 Å². The highest BCUT2D eigenvalue weighted by Gasteiger charge is 2.21. The number of aromatic nitrogens is 1. The summed E-state index contributed by atoms with van der Waals surface area (Å²) in [4.78, 5) is 0. The van der Waals surface area contributed by atoms with Crippen molar-refractivity contribution in [2.24, 2.45) is 0 Å². The van der Waals surface area contributed by atoms with E-state index < -0.39 is 0 Å². The zero-order valence-electron chi connectivity index (χ0n) is 12.3. The Hall–Kier alpha value is -2.22. The summed E-state index contributed by atoms with van der Waals surface area (Å²) < 4.78 is 7.85. The van der Waals surface area contributed by atoms with E-state index in [1.54, 1.807) is 7.11 Å². The second kappa shape index (κ2) is 4.96. The number of para-hydroxylation sites is 1. The molecular weight excluding hydrogens is 258 g/mol. The topological polar surface area (TPSA) is 14.2 Å². The second-order valence-corrected chi connectivity index (χ2v) is 5.69. The summed E-state index contributed by atoms with van der Waals surface area (Å²) in [6.07, 6.45) is 4.92. The van der Waals surface area contributed by atoms with E-state index in [0.717, 1.165) is 5.75 Å². The van der Waals surface area contributed by atoms with Crippen molar-refractivity contribution in [3.63, 3.8) is 0 Å². The Kier molecular flexibility index (Phi) is 2.95. The van der Waals surface area contributed by atoms with Crippen molar-refractivity contribution in [1.29, 1.82) is 0 Å². The molecule has 0 saturated carbocycles. The number of ether oxygens (including phenoxy) is 1. The fourth-order valence-electron chi connectivity index (χ4n) is 3.52. The van der Waals surface area contributed by atoms with Crippen LogP contribution in [0.25, 0.3) is 16.6 Å². The van der Waals surface area contributed by atoms with Gasteiger partial charge in [-0.1, -0.05) is 18.2 Å². The Morgan fingerprint density at radius 1 is 0.952 bits per heavy atom. The first-order valence-electron chi connectivity index (χ1n) is 7.64. The maximum atomic E-state index is 5.42. The molecule has 0 aliphatic heterocycles. The van der Waals surface area contributed by atoms with Crippen LogP contribution < -0.4 is 4.74 Å². The average molecular weight is 277 g/mol. The molecule has 0 atom stereocenters. The number of nitrogens with zero attached hydrogens (tertiary/aromatic N) is 1. The van der Waals surface area contributed by atoms with Gasteiger partial charge in [0.2, 0.25) is 0 Å². The van der Waals surface area contributed by atoms with Crippen LogP contribution in [0.2, 0.25) is 0 Å². The normalized spacial score (nSPS) is 14.1. The van der Waals surface area contributed by atoms with Gasteiger partial charge in [-0.05, 0) is 61.6 Å². The summed E-state index contributed by atoms with van der Waals surface area (Å²) in [5, 5.41) is 1.35. The monoisotopic (exact) mass is 277 g/mol. The number of hydrogen-bond donors (Lipinski definition) is 0. The maximum absolute atomic E-state index is 5.42. The minimum Gasteiger partial charge on any atom is -0.497 e. The first-order chi connectivity index (χ1) is 10.4. The lowest BCUT2D eigenvalue weighted by atomic mass is 9.95. The molecule has 3 aromatic rings. The molecule has 1 aromatic heterocycles. The fraction of sp³-hybridized carbons (Fsp3) is 0.263. The Balaban J connectivity index is 2.05. The number of fused-ring (bicyclic) bond motifs is 3. The van der Waals surface area contributed by atoms with Gasteiger partial charge in [0.05, 0.1) is 12.6 Å². The van der Waals surface area contributed by atoms with Crippen molar-refractivity contribution in [2.45, 2.75) is 25.7 Å². The van der Waals surface area contributed by atoms with E-state index in [1.807, 2.05) is 0 Å². The van der Waals surface area contributed by atoms with Gasteiger partial charge in [-0.2, -0.15) is 0 Å². The van der Waals surface area contributed by atoms with Gasteiger partial charge in [0.25, 0.3) is 0 Å². The molecule has 0 radical (unpaired) electrons. The number of aryl methyl sites for hydroxylation is 1. The van der Waals surface area contributed by atoms with Crippen LogP contribution >= 0.6 is 0 Å². The molecule has 4 rings (SSSR count). The molecule has 21 heavy (non-hydrogen) atoms. The van der Waals surface area contributed by atoms with Gasteiger partial charge in [0.15, 0.2) is 0 Å². The number of benzene rings is 2. The van der Waals surface area contributed by atoms with E-state index in [1.165, 1.54) is 53.5 Å². The van der Waals surface area contributed by atoms with Crippen molar-refractivity contribution in [3.05, 3.63) is 59.8 Å². The third-order valence-electron chi connectivity index (χ3n) is 4.49. The Morgan fingerprint density at radius 2 is 1.76 bits per heavy atom. The molecule has 0 amide bonds. The van der Waals surface area contributed by atoms with Gasteiger partial charge in [0, 0.05) is 16.8 Å². The van der Waals surface area contributed by atoms with Gasteiger partial charge < -0.3 is 9.30 Å². The van der Waals surface area contributed by atoms with E-state index in [-0.39, 0.29) is 0 Å². The lowest BCUT2D eigenvalue weighted by Gasteiger charge is -2.16. The Morgan fingerprint density at radius 3 is 2.57 bits per heavy atom.